The normalized spacial score (nSPS) is 12.4. The Hall–Kier alpha value is -1.68. The Morgan fingerprint density at radius 2 is 2.00 bits per heavy atom. The summed E-state index contributed by atoms with van der Waals surface area (Å²) in [5.41, 5.74) is 2.30. The number of hydrogen-bond donors (Lipinski definition) is 1. The molecule has 1 heterocycles. The van der Waals surface area contributed by atoms with Crippen LogP contribution in [0.5, 0.6) is 0 Å². The van der Waals surface area contributed by atoms with Crippen LogP contribution in [0.2, 0.25) is 0 Å². The molecule has 2 rings (SSSR count). The molecule has 1 amide bonds. The number of nitrogens with zero attached hydrogens (tertiary/aromatic N) is 1. The van der Waals surface area contributed by atoms with E-state index in [2.05, 4.69) is 41.7 Å². The van der Waals surface area contributed by atoms with Crippen LogP contribution in [0.4, 0.5) is 0 Å². The van der Waals surface area contributed by atoms with Crippen molar-refractivity contribution < 1.29 is 4.79 Å². The molecule has 22 heavy (non-hydrogen) atoms. The third kappa shape index (κ3) is 4.95. The monoisotopic (exact) mass is 316 g/mol. The molecule has 0 saturated heterocycles. The summed E-state index contributed by atoms with van der Waals surface area (Å²) in [6.45, 7) is 6.99. The molecule has 0 bridgehead atoms. The third-order valence-electron chi connectivity index (χ3n) is 3.81. The van der Waals surface area contributed by atoms with Gasteiger partial charge in [0.05, 0.1) is 10.7 Å². The molecule has 0 aliphatic heterocycles. The molecule has 3 nitrogen and oxygen atoms in total. The van der Waals surface area contributed by atoms with Gasteiger partial charge in [0.2, 0.25) is 5.91 Å². The molecule has 1 unspecified atom stereocenters. The van der Waals surface area contributed by atoms with E-state index in [4.69, 9.17) is 0 Å². The Bertz CT molecular complexity index is 592. The maximum atomic E-state index is 12.2. The fraction of sp³-hybridized carbons (Fsp3) is 0.444. The lowest BCUT2D eigenvalue weighted by atomic mass is 9.85. The third-order valence-corrected chi connectivity index (χ3v) is 4.63. The fourth-order valence-corrected chi connectivity index (χ4v) is 3.21. The van der Waals surface area contributed by atoms with E-state index in [9.17, 15) is 4.79 Å². The zero-order chi connectivity index (χ0) is 15.9. The van der Waals surface area contributed by atoms with Crippen LogP contribution in [0.3, 0.4) is 0 Å². The topological polar surface area (TPSA) is 42.0 Å². The van der Waals surface area contributed by atoms with E-state index in [0.717, 1.165) is 17.1 Å². The van der Waals surface area contributed by atoms with Crippen LogP contribution in [-0.2, 0) is 11.2 Å². The van der Waals surface area contributed by atoms with E-state index in [0.29, 0.717) is 18.9 Å². The molecule has 1 atom stereocenters. The summed E-state index contributed by atoms with van der Waals surface area (Å²) in [6, 6.07) is 10.3. The van der Waals surface area contributed by atoms with Crippen molar-refractivity contribution in [1.29, 1.82) is 0 Å². The van der Waals surface area contributed by atoms with Crippen molar-refractivity contribution in [2.45, 2.75) is 39.5 Å². The Morgan fingerprint density at radius 3 is 2.59 bits per heavy atom. The molecule has 0 spiro atoms. The number of aromatic nitrogens is 1. The van der Waals surface area contributed by atoms with E-state index in [1.165, 1.54) is 5.56 Å². The first-order valence-corrected chi connectivity index (χ1v) is 8.67. The second kappa shape index (κ2) is 8.08. The van der Waals surface area contributed by atoms with Crippen LogP contribution in [0.1, 0.15) is 42.5 Å². The molecule has 0 fully saturated rings. The molecule has 0 radical (unpaired) electrons. The molecule has 1 aromatic carbocycles. The fourth-order valence-electron chi connectivity index (χ4n) is 2.56. The summed E-state index contributed by atoms with van der Waals surface area (Å²) in [5.74, 6) is 0.826. The molecular formula is C18H24N2OS. The van der Waals surface area contributed by atoms with E-state index in [1.54, 1.807) is 11.3 Å². The van der Waals surface area contributed by atoms with Crippen LogP contribution in [0, 0.1) is 12.8 Å². The maximum Gasteiger partial charge on any atom is 0.220 e. The molecule has 0 aliphatic rings. The van der Waals surface area contributed by atoms with Gasteiger partial charge in [-0.15, -0.1) is 11.3 Å². The summed E-state index contributed by atoms with van der Waals surface area (Å²) >= 11 is 1.65. The standard InChI is InChI=1S/C18H24N2OS/c1-13(2)17(15-7-5-4-6-8-15)11-18(21)19-10-9-16-12-22-14(3)20-16/h4-8,12-13,17H,9-11H2,1-3H3,(H,19,21). The lowest BCUT2D eigenvalue weighted by Crippen LogP contribution is -2.28. The van der Waals surface area contributed by atoms with Gasteiger partial charge in [-0.3, -0.25) is 4.79 Å². The summed E-state index contributed by atoms with van der Waals surface area (Å²) in [4.78, 5) is 16.6. The number of aryl methyl sites for hydroxylation is 1. The van der Waals surface area contributed by atoms with Crippen LogP contribution >= 0.6 is 11.3 Å². The van der Waals surface area contributed by atoms with Gasteiger partial charge in [0.25, 0.3) is 0 Å². The molecule has 0 aliphatic carbocycles. The van der Waals surface area contributed by atoms with Crippen molar-refractivity contribution in [1.82, 2.24) is 10.3 Å². The van der Waals surface area contributed by atoms with Crippen molar-refractivity contribution >= 4 is 17.2 Å². The van der Waals surface area contributed by atoms with Crippen LogP contribution in [0.15, 0.2) is 35.7 Å². The van der Waals surface area contributed by atoms with E-state index < -0.39 is 0 Å². The average Bonchev–Trinajstić information content (AvgIpc) is 2.91. The first-order chi connectivity index (χ1) is 10.6. The zero-order valence-corrected chi connectivity index (χ0v) is 14.3. The predicted molar refractivity (Wildman–Crippen MR) is 92.2 cm³/mol. The van der Waals surface area contributed by atoms with Gasteiger partial charge in [0.15, 0.2) is 0 Å². The van der Waals surface area contributed by atoms with E-state index in [-0.39, 0.29) is 11.8 Å². The molecule has 118 valence electrons. The number of nitrogens with one attached hydrogen (secondary N) is 1. The zero-order valence-electron chi connectivity index (χ0n) is 13.5. The molecule has 4 heteroatoms. The highest BCUT2D eigenvalue weighted by molar-refractivity contribution is 7.09. The number of carbonyl (C=O) groups excluding carboxylic acids is 1. The van der Waals surface area contributed by atoms with Crippen molar-refractivity contribution in [3.05, 3.63) is 52.0 Å². The Kier molecular flexibility index (Phi) is 6.13. The minimum absolute atomic E-state index is 0.120. The smallest absolute Gasteiger partial charge is 0.220 e. The Morgan fingerprint density at radius 1 is 1.27 bits per heavy atom. The van der Waals surface area contributed by atoms with Gasteiger partial charge in [-0.05, 0) is 24.3 Å². The first-order valence-electron chi connectivity index (χ1n) is 7.79. The highest BCUT2D eigenvalue weighted by atomic mass is 32.1. The van der Waals surface area contributed by atoms with Crippen LogP contribution in [-0.4, -0.2) is 17.4 Å². The summed E-state index contributed by atoms with van der Waals surface area (Å²) in [6.07, 6.45) is 1.34. The lowest BCUT2D eigenvalue weighted by molar-refractivity contribution is -0.121. The minimum atomic E-state index is 0.120. The molecule has 1 N–H and O–H groups in total. The van der Waals surface area contributed by atoms with Gasteiger partial charge >= 0.3 is 0 Å². The van der Waals surface area contributed by atoms with Crippen molar-refractivity contribution in [2.75, 3.05) is 6.54 Å². The van der Waals surface area contributed by atoms with Gasteiger partial charge in [-0.2, -0.15) is 0 Å². The summed E-state index contributed by atoms with van der Waals surface area (Å²) in [7, 11) is 0. The SMILES string of the molecule is Cc1nc(CCNC(=O)CC(c2ccccc2)C(C)C)cs1. The largest absolute Gasteiger partial charge is 0.356 e. The van der Waals surface area contributed by atoms with Gasteiger partial charge < -0.3 is 5.32 Å². The highest BCUT2D eigenvalue weighted by Gasteiger charge is 2.19. The number of amides is 1. The molecule has 1 aromatic heterocycles. The molecular weight excluding hydrogens is 292 g/mol. The summed E-state index contributed by atoms with van der Waals surface area (Å²) < 4.78 is 0. The number of benzene rings is 1. The second-order valence-electron chi connectivity index (χ2n) is 5.92. The quantitative estimate of drug-likeness (QED) is 0.840. The Labute approximate surface area is 136 Å². The number of hydrogen-bond acceptors (Lipinski definition) is 3. The molecule has 2 aromatic rings. The van der Waals surface area contributed by atoms with E-state index in [1.807, 2.05) is 25.1 Å². The minimum Gasteiger partial charge on any atom is -0.356 e. The van der Waals surface area contributed by atoms with Gasteiger partial charge in [0, 0.05) is 24.8 Å². The second-order valence-corrected chi connectivity index (χ2v) is 6.99. The number of thiazole rings is 1. The van der Waals surface area contributed by atoms with Crippen LogP contribution in [0.25, 0.3) is 0 Å². The van der Waals surface area contributed by atoms with Gasteiger partial charge in [-0.1, -0.05) is 44.2 Å². The van der Waals surface area contributed by atoms with E-state index >= 15 is 0 Å². The first kappa shape index (κ1) is 16.7. The summed E-state index contributed by atoms with van der Waals surface area (Å²) in [5, 5.41) is 6.15. The lowest BCUT2D eigenvalue weighted by Gasteiger charge is -2.21. The highest BCUT2D eigenvalue weighted by Crippen LogP contribution is 2.27. The Balaban J connectivity index is 1.84. The van der Waals surface area contributed by atoms with Gasteiger partial charge in [-0.25, -0.2) is 4.98 Å². The average molecular weight is 316 g/mol. The van der Waals surface area contributed by atoms with Crippen molar-refractivity contribution in [2.24, 2.45) is 5.92 Å². The van der Waals surface area contributed by atoms with Gasteiger partial charge in [0.1, 0.15) is 0 Å². The number of carbonyl (C=O) groups is 1. The van der Waals surface area contributed by atoms with Crippen molar-refractivity contribution in [3.8, 4) is 0 Å². The number of rotatable bonds is 7. The predicted octanol–water partition coefficient (Wildman–Crippen LogP) is 3.94. The maximum absolute atomic E-state index is 12.2. The molecule has 0 saturated carbocycles. The van der Waals surface area contributed by atoms with Crippen LogP contribution < -0.4 is 5.32 Å². The van der Waals surface area contributed by atoms with Crippen molar-refractivity contribution in [3.63, 3.8) is 0 Å².